The van der Waals surface area contributed by atoms with Crippen LogP contribution in [0, 0.1) is 6.92 Å². The minimum atomic E-state index is -0.0000934. The fraction of sp³-hybridized carbons (Fsp3) is 0.286. The molecule has 0 spiro atoms. The van der Waals surface area contributed by atoms with Crippen molar-refractivity contribution in [2.75, 3.05) is 12.3 Å². The molecule has 1 aliphatic heterocycles. The van der Waals surface area contributed by atoms with E-state index >= 15 is 0 Å². The quantitative estimate of drug-likeness (QED) is 0.354. The van der Waals surface area contributed by atoms with Crippen molar-refractivity contribution in [2.45, 2.75) is 45.8 Å². The first-order valence-electron chi connectivity index (χ1n) is 12.3. The lowest BCUT2D eigenvalue weighted by atomic mass is 10.1. The summed E-state index contributed by atoms with van der Waals surface area (Å²) in [4.78, 5) is 18.0. The van der Waals surface area contributed by atoms with Gasteiger partial charge in [-0.05, 0) is 56.0 Å². The maximum absolute atomic E-state index is 6.26. The van der Waals surface area contributed by atoms with Crippen LogP contribution in [0.1, 0.15) is 48.3 Å². The van der Waals surface area contributed by atoms with Gasteiger partial charge in [0.15, 0.2) is 0 Å². The van der Waals surface area contributed by atoms with E-state index in [1.165, 1.54) is 11.9 Å². The van der Waals surface area contributed by atoms with Crippen molar-refractivity contribution in [3.8, 4) is 11.4 Å². The van der Waals surface area contributed by atoms with Gasteiger partial charge in [0.25, 0.3) is 0 Å². The Bertz CT molecular complexity index is 1570. The number of hydrogen-bond acceptors (Lipinski definition) is 7. The van der Waals surface area contributed by atoms with E-state index in [-0.39, 0.29) is 6.10 Å². The summed E-state index contributed by atoms with van der Waals surface area (Å²) in [6, 6.07) is 10.3. The molecule has 0 amide bonds. The predicted octanol–water partition coefficient (Wildman–Crippen LogP) is 5.25. The number of aromatic nitrogens is 5. The number of fused-ring (bicyclic) bond motifs is 2. The SMILES string of the molecule is CCc1cc(C)c2ccc(OCc3cncc(-n4cc([C@@H]5CCCO5)c5c(N)ncnc54)c3)cc2n1. The molecule has 1 aromatic carbocycles. The summed E-state index contributed by atoms with van der Waals surface area (Å²) in [5.41, 5.74) is 13.1. The molecule has 182 valence electrons. The first kappa shape index (κ1) is 22.4. The van der Waals surface area contributed by atoms with Gasteiger partial charge >= 0.3 is 0 Å². The lowest BCUT2D eigenvalue weighted by molar-refractivity contribution is 0.113. The fourth-order valence-electron chi connectivity index (χ4n) is 4.95. The third-order valence-corrected chi connectivity index (χ3v) is 6.79. The second-order valence-electron chi connectivity index (χ2n) is 9.22. The highest BCUT2D eigenvalue weighted by atomic mass is 16.5. The molecule has 0 bridgehead atoms. The van der Waals surface area contributed by atoms with Gasteiger partial charge in [-0.3, -0.25) is 14.5 Å². The molecule has 6 rings (SSSR count). The molecular formula is C28H28N6O2. The van der Waals surface area contributed by atoms with Crippen LogP contribution in [0.2, 0.25) is 0 Å². The smallest absolute Gasteiger partial charge is 0.150 e. The summed E-state index contributed by atoms with van der Waals surface area (Å²) in [6.07, 6.45) is 10.1. The predicted molar refractivity (Wildman–Crippen MR) is 139 cm³/mol. The molecule has 1 atom stereocenters. The van der Waals surface area contributed by atoms with Gasteiger partial charge in [-0.1, -0.05) is 6.92 Å². The number of nitrogen functional groups attached to an aromatic ring is 1. The zero-order valence-corrected chi connectivity index (χ0v) is 20.4. The lowest BCUT2D eigenvalue weighted by Crippen LogP contribution is -2.01. The Balaban J connectivity index is 1.30. The maximum Gasteiger partial charge on any atom is 0.150 e. The summed E-state index contributed by atoms with van der Waals surface area (Å²) in [5, 5.41) is 1.99. The van der Waals surface area contributed by atoms with Crippen molar-refractivity contribution < 1.29 is 9.47 Å². The number of aryl methyl sites for hydroxylation is 2. The minimum Gasteiger partial charge on any atom is -0.489 e. The molecule has 8 heteroatoms. The second kappa shape index (κ2) is 9.20. The Labute approximate surface area is 209 Å². The maximum atomic E-state index is 6.26. The summed E-state index contributed by atoms with van der Waals surface area (Å²) in [7, 11) is 0. The molecule has 0 radical (unpaired) electrons. The molecule has 0 unspecified atom stereocenters. The first-order chi connectivity index (χ1) is 17.6. The van der Waals surface area contributed by atoms with Gasteiger partial charge in [-0.2, -0.15) is 0 Å². The van der Waals surface area contributed by atoms with Crippen LogP contribution < -0.4 is 10.5 Å². The van der Waals surface area contributed by atoms with Gasteiger partial charge in [0.1, 0.15) is 30.1 Å². The molecular weight excluding hydrogens is 452 g/mol. The molecule has 0 aliphatic carbocycles. The fourth-order valence-corrected chi connectivity index (χ4v) is 4.95. The van der Waals surface area contributed by atoms with Gasteiger partial charge in [0.2, 0.25) is 0 Å². The molecule has 36 heavy (non-hydrogen) atoms. The van der Waals surface area contributed by atoms with Crippen molar-refractivity contribution in [2.24, 2.45) is 0 Å². The number of nitrogens with two attached hydrogens (primary N) is 1. The van der Waals surface area contributed by atoms with E-state index in [2.05, 4.69) is 53.2 Å². The van der Waals surface area contributed by atoms with Crippen LogP contribution in [0.3, 0.4) is 0 Å². The average molecular weight is 481 g/mol. The monoisotopic (exact) mass is 480 g/mol. The zero-order chi connectivity index (χ0) is 24.6. The topological polar surface area (TPSA) is 101 Å². The first-order valence-corrected chi connectivity index (χ1v) is 12.3. The van der Waals surface area contributed by atoms with E-state index in [0.29, 0.717) is 12.4 Å². The van der Waals surface area contributed by atoms with Crippen molar-refractivity contribution in [3.63, 3.8) is 0 Å². The second-order valence-corrected chi connectivity index (χ2v) is 9.22. The van der Waals surface area contributed by atoms with Crippen LogP contribution >= 0.6 is 0 Å². The van der Waals surface area contributed by atoms with Crippen molar-refractivity contribution in [1.82, 2.24) is 24.5 Å². The Morgan fingerprint density at radius 1 is 1.17 bits per heavy atom. The van der Waals surface area contributed by atoms with E-state index in [1.807, 2.05) is 29.1 Å². The lowest BCUT2D eigenvalue weighted by Gasteiger charge is -2.11. The molecule has 4 aromatic heterocycles. The van der Waals surface area contributed by atoms with Crippen LogP contribution in [0.25, 0.3) is 27.6 Å². The Hall–Kier alpha value is -4.04. The Morgan fingerprint density at radius 3 is 2.92 bits per heavy atom. The standard InChI is InChI=1S/C28H28N6O2/c1-3-19-9-17(2)22-7-6-21(11-24(22)33-19)36-15-18-10-20(13-30-12-18)34-14-23(25-5-4-8-35-25)26-27(29)31-16-32-28(26)34/h6-7,9-14,16,25H,3-5,8,15H2,1-2H3,(H2,29,31,32)/t25-/m0/s1. The summed E-state index contributed by atoms with van der Waals surface area (Å²) in [6.45, 7) is 5.37. The van der Waals surface area contributed by atoms with Gasteiger partial charge in [-0.15, -0.1) is 0 Å². The number of benzene rings is 1. The number of rotatable bonds is 6. The van der Waals surface area contributed by atoms with E-state index < -0.39 is 0 Å². The van der Waals surface area contributed by atoms with Gasteiger partial charge in [0, 0.05) is 47.3 Å². The third kappa shape index (κ3) is 4.03. The number of ether oxygens (including phenoxy) is 2. The van der Waals surface area contributed by atoms with Crippen LogP contribution in [-0.4, -0.2) is 31.1 Å². The van der Waals surface area contributed by atoms with E-state index in [4.69, 9.17) is 20.2 Å². The Morgan fingerprint density at radius 2 is 2.08 bits per heavy atom. The van der Waals surface area contributed by atoms with Gasteiger partial charge in [0.05, 0.1) is 28.9 Å². The highest BCUT2D eigenvalue weighted by Gasteiger charge is 2.25. The van der Waals surface area contributed by atoms with E-state index in [1.54, 1.807) is 0 Å². The van der Waals surface area contributed by atoms with E-state index in [9.17, 15) is 0 Å². The summed E-state index contributed by atoms with van der Waals surface area (Å²) >= 11 is 0. The number of pyridine rings is 2. The van der Waals surface area contributed by atoms with Crippen molar-refractivity contribution >= 4 is 27.8 Å². The molecule has 8 nitrogen and oxygen atoms in total. The van der Waals surface area contributed by atoms with E-state index in [0.717, 1.165) is 76.1 Å². The minimum absolute atomic E-state index is 0.0000934. The molecule has 1 saturated heterocycles. The normalized spacial score (nSPS) is 15.7. The molecule has 5 heterocycles. The van der Waals surface area contributed by atoms with Crippen molar-refractivity contribution in [1.29, 1.82) is 0 Å². The van der Waals surface area contributed by atoms with Gasteiger partial charge in [-0.25, -0.2) is 9.97 Å². The highest BCUT2D eigenvalue weighted by molar-refractivity contribution is 5.91. The van der Waals surface area contributed by atoms with Crippen LogP contribution in [0.5, 0.6) is 5.75 Å². The van der Waals surface area contributed by atoms with Crippen LogP contribution in [0.15, 0.2) is 55.2 Å². The molecule has 1 aliphatic rings. The molecule has 2 N–H and O–H groups in total. The van der Waals surface area contributed by atoms with Crippen LogP contribution in [0.4, 0.5) is 5.82 Å². The average Bonchev–Trinajstić information content (AvgIpc) is 3.56. The molecule has 5 aromatic rings. The van der Waals surface area contributed by atoms with Crippen LogP contribution in [-0.2, 0) is 17.8 Å². The number of nitrogens with zero attached hydrogens (tertiary/aromatic N) is 5. The summed E-state index contributed by atoms with van der Waals surface area (Å²) in [5.74, 6) is 1.24. The molecule has 0 saturated carbocycles. The third-order valence-electron chi connectivity index (χ3n) is 6.79. The molecule has 1 fully saturated rings. The Kier molecular flexibility index (Phi) is 5.73. The van der Waals surface area contributed by atoms with Crippen molar-refractivity contribution in [3.05, 3.63) is 77.6 Å². The highest BCUT2D eigenvalue weighted by Crippen LogP contribution is 2.37. The number of hydrogen-bond donors (Lipinski definition) is 1. The summed E-state index contributed by atoms with van der Waals surface area (Å²) < 4.78 is 14.1. The van der Waals surface area contributed by atoms with Gasteiger partial charge < -0.3 is 15.2 Å². The number of anilines is 1. The zero-order valence-electron chi connectivity index (χ0n) is 20.4. The largest absolute Gasteiger partial charge is 0.489 e.